The maximum absolute atomic E-state index is 11.2. The monoisotopic (exact) mass is 365 g/mol. The summed E-state index contributed by atoms with van der Waals surface area (Å²) in [6.07, 6.45) is 0.136. The van der Waals surface area contributed by atoms with Crippen LogP contribution in [0.3, 0.4) is 0 Å². The number of aryl methyl sites for hydroxylation is 1. The predicted octanol–water partition coefficient (Wildman–Crippen LogP) is 3.60. The van der Waals surface area contributed by atoms with Gasteiger partial charge in [0.1, 0.15) is 17.4 Å². The van der Waals surface area contributed by atoms with Gasteiger partial charge in [-0.1, -0.05) is 18.2 Å². The smallest absolute Gasteiger partial charge is 0.298 e. The summed E-state index contributed by atoms with van der Waals surface area (Å²) in [7, 11) is 0. The van der Waals surface area contributed by atoms with Gasteiger partial charge in [0.2, 0.25) is 5.91 Å². The summed E-state index contributed by atoms with van der Waals surface area (Å²) in [6, 6.07) is 14.4. The standard InChI is InChI=1S/C21H23N3O3/c1-13-5-4-6-17(9-13)26-18-11-24(12-18)21-23-19-8-7-16(10-20(19)27-21)14(2)22-15(3)25/h4-10,14,18H,11-12H2,1-3H3,(H,22,25)/t14-/m0/s1. The van der Waals surface area contributed by atoms with E-state index in [0.717, 1.165) is 35.5 Å². The maximum atomic E-state index is 11.2. The molecule has 6 nitrogen and oxygen atoms in total. The van der Waals surface area contributed by atoms with Gasteiger partial charge in [0.25, 0.3) is 6.01 Å². The van der Waals surface area contributed by atoms with Gasteiger partial charge in [0.15, 0.2) is 5.58 Å². The van der Waals surface area contributed by atoms with Crippen LogP contribution in [0.5, 0.6) is 5.75 Å². The summed E-state index contributed by atoms with van der Waals surface area (Å²) in [5.74, 6) is 0.843. The number of carbonyl (C=O) groups excluding carboxylic acids is 1. The van der Waals surface area contributed by atoms with Crippen LogP contribution in [0.15, 0.2) is 46.9 Å². The van der Waals surface area contributed by atoms with Crippen molar-refractivity contribution in [3.8, 4) is 5.75 Å². The molecule has 27 heavy (non-hydrogen) atoms. The highest BCUT2D eigenvalue weighted by atomic mass is 16.5. The fourth-order valence-corrected chi connectivity index (χ4v) is 3.27. The van der Waals surface area contributed by atoms with Gasteiger partial charge < -0.3 is 19.4 Å². The van der Waals surface area contributed by atoms with Crippen molar-refractivity contribution >= 4 is 23.0 Å². The molecule has 0 spiro atoms. The Labute approximate surface area is 158 Å². The highest BCUT2D eigenvalue weighted by Gasteiger charge is 2.32. The largest absolute Gasteiger partial charge is 0.487 e. The molecule has 0 unspecified atom stereocenters. The number of nitrogens with zero attached hydrogens (tertiary/aromatic N) is 2. The number of benzene rings is 2. The van der Waals surface area contributed by atoms with Crippen molar-refractivity contribution in [3.05, 3.63) is 53.6 Å². The molecule has 3 aromatic rings. The number of carbonyl (C=O) groups is 1. The van der Waals surface area contributed by atoms with Crippen molar-refractivity contribution in [1.29, 1.82) is 0 Å². The number of fused-ring (bicyclic) bond motifs is 1. The molecule has 1 N–H and O–H groups in total. The topological polar surface area (TPSA) is 67.6 Å². The molecule has 0 bridgehead atoms. The average Bonchev–Trinajstić information content (AvgIpc) is 2.99. The Balaban J connectivity index is 1.42. The zero-order valence-electron chi connectivity index (χ0n) is 15.7. The third-order valence-electron chi connectivity index (χ3n) is 4.73. The first-order chi connectivity index (χ1) is 13.0. The van der Waals surface area contributed by atoms with Crippen molar-refractivity contribution in [3.63, 3.8) is 0 Å². The van der Waals surface area contributed by atoms with Crippen LogP contribution in [-0.4, -0.2) is 30.1 Å². The Morgan fingerprint density at radius 1 is 1.30 bits per heavy atom. The van der Waals surface area contributed by atoms with Crippen molar-refractivity contribution in [2.75, 3.05) is 18.0 Å². The molecule has 1 saturated heterocycles. The number of aromatic nitrogens is 1. The second-order valence-electron chi connectivity index (χ2n) is 7.11. The van der Waals surface area contributed by atoms with E-state index in [4.69, 9.17) is 9.15 Å². The minimum Gasteiger partial charge on any atom is -0.487 e. The molecular weight excluding hydrogens is 342 g/mol. The van der Waals surface area contributed by atoms with E-state index < -0.39 is 0 Å². The number of rotatable bonds is 5. The Hall–Kier alpha value is -3.02. The molecular formula is C21H23N3O3. The first-order valence-corrected chi connectivity index (χ1v) is 9.14. The first-order valence-electron chi connectivity index (χ1n) is 9.14. The number of oxazole rings is 1. The van der Waals surface area contributed by atoms with E-state index in [1.54, 1.807) is 0 Å². The van der Waals surface area contributed by atoms with Gasteiger partial charge in [-0.3, -0.25) is 4.79 Å². The zero-order valence-corrected chi connectivity index (χ0v) is 15.7. The van der Waals surface area contributed by atoms with E-state index in [-0.39, 0.29) is 18.1 Å². The lowest BCUT2D eigenvalue weighted by Gasteiger charge is -2.37. The molecule has 1 aliphatic heterocycles. The lowest BCUT2D eigenvalue weighted by molar-refractivity contribution is -0.119. The molecule has 0 radical (unpaired) electrons. The quantitative estimate of drug-likeness (QED) is 0.748. The van der Waals surface area contributed by atoms with Crippen LogP contribution in [0.25, 0.3) is 11.1 Å². The Bertz CT molecular complexity index is 976. The lowest BCUT2D eigenvalue weighted by Crippen LogP contribution is -2.54. The van der Waals surface area contributed by atoms with Gasteiger partial charge in [-0.15, -0.1) is 0 Å². The summed E-state index contributed by atoms with van der Waals surface area (Å²) in [4.78, 5) is 17.9. The molecule has 2 heterocycles. The van der Waals surface area contributed by atoms with Gasteiger partial charge in [-0.25, -0.2) is 0 Å². The second kappa shape index (κ2) is 6.95. The molecule has 140 valence electrons. The van der Waals surface area contributed by atoms with Gasteiger partial charge in [0, 0.05) is 6.92 Å². The molecule has 6 heteroatoms. The maximum Gasteiger partial charge on any atom is 0.298 e. The van der Waals surface area contributed by atoms with Crippen molar-refractivity contribution in [2.45, 2.75) is 32.9 Å². The van der Waals surface area contributed by atoms with Gasteiger partial charge in [-0.2, -0.15) is 4.98 Å². The van der Waals surface area contributed by atoms with Gasteiger partial charge >= 0.3 is 0 Å². The van der Waals surface area contributed by atoms with Crippen LogP contribution in [-0.2, 0) is 4.79 Å². The molecule has 0 aliphatic carbocycles. The number of anilines is 1. The molecule has 1 aromatic heterocycles. The van der Waals surface area contributed by atoms with E-state index in [1.165, 1.54) is 12.5 Å². The molecule has 1 atom stereocenters. The third-order valence-corrected chi connectivity index (χ3v) is 4.73. The number of hydrogen-bond donors (Lipinski definition) is 1. The lowest BCUT2D eigenvalue weighted by atomic mass is 10.1. The Kier molecular flexibility index (Phi) is 4.48. The minimum absolute atomic E-state index is 0.0545. The minimum atomic E-state index is -0.0726. The highest BCUT2D eigenvalue weighted by molar-refractivity contribution is 5.77. The average molecular weight is 365 g/mol. The third kappa shape index (κ3) is 3.74. The van der Waals surface area contributed by atoms with Gasteiger partial charge in [0.05, 0.1) is 19.1 Å². The number of ether oxygens (including phenoxy) is 1. The number of amides is 1. The summed E-state index contributed by atoms with van der Waals surface area (Å²) >= 11 is 0. The Morgan fingerprint density at radius 3 is 2.85 bits per heavy atom. The summed E-state index contributed by atoms with van der Waals surface area (Å²) in [5, 5.41) is 2.88. The van der Waals surface area contributed by atoms with Crippen LogP contribution in [0.2, 0.25) is 0 Å². The van der Waals surface area contributed by atoms with Gasteiger partial charge in [-0.05, 0) is 49.2 Å². The summed E-state index contributed by atoms with van der Waals surface area (Å²) < 4.78 is 11.9. The molecule has 2 aromatic carbocycles. The normalized spacial score (nSPS) is 15.4. The molecule has 1 aliphatic rings. The predicted molar refractivity (Wildman–Crippen MR) is 104 cm³/mol. The SMILES string of the molecule is CC(=O)N[C@@H](C)c1ccc2nc(N3CC(Oc4cccc(C)c4)C3)oc2c1. The number of hydrogen-bond acceptors (Lipinski definition) is 5. The highest BCUT2D eigenvalue weighted by Crippen LogP contribution is 2.29. The first kappa shape index (κ1) is 17.4. The zero-order chi connectivity index (χ0) is 19.0. The van der Waals surface area contributed by atoms with E-state index in [2.05, 4.69) is 28.2 Å². The van der Waals surface area contributed by atoms with E-state index in [9.17, 15) is 4.79 Å². The van der Waals surface area contributed by atoms with Crippen LogP contribution < -0.4 is 15.0 Å². The van der Waals surface area contributed by atoms with Crippen LogP contribution in [0, 0.1) is 6.92 Å². The fourth-order valence-electron chi connectivity index (χ4n) is 3.27. The summed E-state index contributed by atoms with van der Waals surface area (Å²) in [5.41, 5.74) is 3.71. The van der Waals surface area contributed by atoms with Crippen LogP contribution >= 0.6 is 0 Å². The van der Waals surface area contributed by atoms with E-state index in [0.29, 0.717) is 6.01 Å². The second-order valence-corrected chi connectivity index (χ2v) is 7.11. The fraction of sp³-hybridized carbons (Fsp3) is 0.333. The molecule has 1 amide bonds. The number of nitrogens with one attached hydrogen (secondary N) is 1. The van der Waals surface area contributed by atoms with Crippen molar-refractivity contribution in [1.82, 2.24) is 10.3 Å². The van der Waals surface area contributed by atoms with Crippen LogP contribution in [0.1, 0.15) is 31.0 Å². The van der Waals surface area contributed by atoms with E-state index in [1.807, 2.05) is 43.3 Å². The summed E-state index contributed by atoms with van der Waals surface area (Å²) in [6.45, 7) is 7.01. The van der Waals surface area contributed by atoms with Crippen LogP contribution in [0.4, 0.5) is 6.01 Å². The van der Waals surface area contributed by atoms with E-state index >= 15 is 0 Å². The molecule has 1 fully saturated rings. The Morgan fingerprint density at radius 2 is 2.11 bits per heavy atom. The molecule has 4 rings (SSSR count). The van der Waals surface area contributed by atoms with Crippen molar-refractivity contribution < 1.29 is 13.9 Å². The van der Waals surface area contributed by atoms with Crippen molar-refractivity contribution in [2.24, 2.45) is 0 Å². The molecule has 0 saturated carbocycles.